The maximum Gasteiger partial charge on any atom is 0.0370 e. The number of aryl methyl sites for hydroxylation is 2. The molecule has 0 fully saturated rings. The summed E-state index contributed by atoms with van der Waals surface area (Å²) in [7, 11) is 0. The molecule has 0 aliphatic rings. The Morgan fingerprint density at radius 1 is 1.29 bits per heavy atom. The Labute approximate surface area is 87.5 Å². The Hall–Kier alpha value is -0.980. The van der Waals surface area contributed by atoms with Gasteiger partial charge in [0.1, 0.15) is 0 Å². The van der Waals surface area contributed by atoms with Crippen LogP contribution in [-0.4, -0.2) is 6.54 Å². The molecule has 0 saturated carbocycles. The van der Waals surface area contributed by atoms with Crippen LogP contribution in [-0.2, 0) is 6.42 Å². The third kappa shape index (κ3) is 3.06. The van der Waals surface area contributed by atoms with Gasteiger partial charge in [-0.2, -0.15) is 0 Å². The minimum Gasteiger partial charge on any atom is -0.385 e. The average molecular weight is 191 g/mol. The van der Waals surface area contributed by atoms with Crippen LogP contribution in [0.5, 0.6) is 0 Å². The molecule has 1 aromatic rings. The van der Waals surface area contributed by atoms with Gasteiger partial charge in [-0.25, -0.2) is 0 Å². The first kappa shape index (κ1) is 11.1. The van der Waals surface area contributed by atoms with Crippen LogP contribution in [0.2, 0.25) is 0 Å². The standard InChI is InChI=1S/C13H21N/c1-5-12-6-7-13(11(4)8-12)14-9-10(2)3/h6-8,10,14H,5,9H2,1-4H3. The monoisotopic (exact) mass is 191 g/mol. The summed E-state index contributed by atoms with van der Waals surface area (Å²) >= 11 is 0. The van der Waals surface area contributed by atoms with E-state index in [4.69, 9.17) is 0 Å². The average Bonchev–Trinajstić information content (AvgIpc) is 2.15. The molecule has 0 bridgehead atoms. The quantitative estimate of drug-likeness (QED) is 0.766. The molecule has 0 atom stereocenters. The van der Waals surface area contributed by atoms with Crippen molar-refractivity contribution in [3.63, 3.8) is 0 Å². The van der Waals surface area contributed by atoms with E-state index in [2.05, 4.69) is 51.2 Å². The van der Waals surface area contributed by atoms with Gasteiger partial charge in [-0.3, -0.25) is 0 Å². The highest BCUT2D eigenvalue weighted by molar-refractivity contribution is 5.52. The molecular weight excluding hydrogens is 170 g/mol. The van der Waals surface area contributed by atoms with Gasteiger partial charge < -0.3 is 5.32 Å². The van der Waals surface area contributed by atoms with Gasteiger partial charge in [0.2, 0.25) is 0 Å². The van der Waals surface area contributed by atoms with E-state index in [9.17, 15) is 0 Å². The van der Waals surface area contributed by atoms with Crippen molar-refractivity contribution in [3.05, 3.63) is 29.3 Å². The van der Waals surface area contributed by atoms with Crippen molar-refractivity contribution in [2.24, 2.45) is 5.92 Å². The summed E-state index contributed by atoms with van der Waals surface area (Å²) < 4.78 is 0. The van der Waals surface area contributed by atoms with Crippen LogP contribution in [0.25, 0.3) is 0 Å². The van der Waals surface area contributed by atoms with Gasteiger partial charge in [-0.1, -0.05) is 32.9 Å². The number of rotatable bonds is 4. The number of hydrogen-bond donors (Lipinski definition) is 1. The van der Waals surface area contributed by atoms with Crippen LogP contribution in [0.3, 0.4) is 0 Å². The zero-order valence-electron chi connectivity index (χ0n) is 9.72. The molecule has 0 aliphatic heterocycles. The van der Waals surface area contributed by atoms with Crippen LogP contribution < -0.4 is 5.32 Å². The second kappa shape index (κ2) is 5.04. The molecule has 0 unspecified atom stereocenters. The first-order valence-corrected chi connectivity index (χ1v) is 5.47. The Morgan fingerprint density at radius 3 is 2.50 bits per heavy atom. The molecule has 0 aliphatic carbocycles. The van der Waals surface area contributed by atoms with Gasteiger partial charge >= 0.3 is 0 Å². The van der Waals surface area contributed by atoms with E-state index in [1.807, 2.05) is 0 Å². The highest BCUT2D eigenvalue weighted by atomic mass is 14.9. The lowest BCUT2D eigenvalue weighted by Crippen LogP contribution is -2.08. The van der Waals surface area contributed by atoms with E-state index in [1.54, 1.807) is 0 Å². The zero-order chi connectivity index (χ0) is 10.6. The van der Waals surface area contributed by atoms with Gasteiger partial charge in [0, 0.05) is 12.2 Å². The number of hydrogen-bond acceptors (Lipinski definition) is 1. The first-order valence-electron chi connectivity index (χ1n) is 5.47. The molecule has 14 heavy (non-hydrogen) atoms. The molecule has 1 N–H and O–H groups in total. The normalized spacial score (nSPS) is 10.6. The topological polar surface area (TPSA) is 12.0 Å². The fraction of sp³-hybridized carbons (Fsp3) is 0.538. The first-order chi connectivity index (χ1) is 6.63. The molecule has 0 amide bonds. The lowest BCUT2D eigenvalue weighted by molar-refractivity contribution is 0.688. The molecule has 0 saturated heterocycles. The Balaban J connectivity index is 2.69. The summed E-state index contributed by atoms with van der Waals surface area (Å²) in [5, 5.41) is 3.46. The molecule has 0 aromatic heterocycles. The third-order valence-corrected chi connectivity index (χ3v) is 2.40. The molecule has 0 radical (unpaired) electrons. The van der Waals surface area contributed by atoms with Crippen LogP contribution in [0.1, 0.15) is 31.9 Å². The summed E-state index contributed by atoms with van der Waals surface area (Å²) in [5.41, 5.74) is 4.04. The van der Waals surface area contributed by atoms with E-state index >= 15 is 0 Å². The number of anilines is 1. The van der Waals surface area contributed by atoms with E-state index in [0.29, 0.717) is 5.92 Å². The molecule has 1 aromatic carbocycles. The highest BCUT2D eigenvalue weighted by Crippen LogP contribution is 2.17. The third-order valence-electron chi connectivity index (χ3n) is 2.40. The minimum absolute atomic E-state index is 0.695. The summed E-state index contributed by atoms with van der Waals surface area (Å²) in [6.07, 6.45) is 1.12. The fourth-order valence-corrected chi connectivity index (χ4v) is 1.46. The van der Waals surface area contributed by atoms with Crippen molar-refractivity contribution in [1.82, 2.24) is 0 Å². The molecule has 1 nitrogen and oxygen atoms in total. The van der Waals surface area contributed by atoms with E-state index in [0.717, 1.165) is 13.0 Å². The van der Waals surface area contributed by atoms with Crippen molar-refractivity contribution in [2.75, 3.05) is 11.9 Å². The van der Waals surface area contributed by atoms with Crippen molar-refractivity contribution in [1.29, 1.82) is 0 Å². The summed E-state index contributed by atoms with van der Waals surface area (Å²) in [6.45, 7) is 9.86. The smallest absolute Gasteiger partial charge is 0.0370 e. The summed E-state index contributed by atoms with van der Waals surface area (Å²) in [4.78, 5) is 0. The fourth-order valence-electron chi connectivity index (χ4n) is 1.46. The van der Waals surface area contributed by atoms with Gasteiger partial charge in [-0.15, -0.1) is 0 Å². The summed E-state index contributed by atoms with van der Waals surface area (Å²) in [5.74, 6) is 0.695. The van der Waals surface area contributed by atoms with E-state index < -0.39 is 0 Å². The van der Waals surface area contributed by atoms with E-state index in [1.165, 1.54) is 16.8 Å². The predicted octanol–water partition coefficient (Wildman–Crippen LogP) is 3.63. The van der Waals surface area contributed by atoms with Gasteiger partial charge in [0.05, 0.1) is 0 Å². The number of benzene rings is 1. The zero-order valence-corrected chi connectivity index (χ0v) is 9.72. The Kier molecular flexibility index (Phi) is 3.99. The molecule has 78 valence electrons. The van der Waals surface area contributed by atoms with Crippen molar-refractivity contribution in [2.45, 2.75) is 34.1 Å². The molecule has 0 spiro atoms. The van der Waals surface area contributed by atoms with E-state index in [-0.39, 0.29) is 0 Å². The molecule has 1 rings (SSSR count). The van der Waals surface area contributed by atoms with Crippen molar-refractivity contribution >= 4 is 5.69 Å². The SMILES string of the molecule is CCc1ccc(NCC(C)C)c(C)c1. The lowest BCUT2D eigenvalue weighted by Gasteiger charge is -2.12. The Morgan fingerprint density at radius 2 is 2.00 bits per heavy atom. The second-order valence-electron chi connectivity index (χ2n) is 4.28. The van der Waals surface area contributed by atoms with Crippen LogP contribution in [0.15, 0.2) is 18.2 Å². The molecular formula is C13H21N. The molecule has 1 heteroatoms. The highest BCUT2D eigenvalue weighted by Gasteiger charge is 1.99. The van der Waals surface area contributed by atoms with Crippen LogP contribution >= 0.6 is 0 Å². The summed E-state index contributed by atoms with van der Waals surface area (Å²) in [6, 6.07) is 6.66. The van der Waals surface area contributed by atoms with Gasteiger partial charge in [0.25, 0.3) is 0 Å². The number of nitrogens with one attached hydrogen (secondary N) is 1. The predicted molar refractivity (Wildman–Crippen MR) is 63.9 cm³/mol. The van der Waals surface area contributed by atoms with Crippen molar-refractivity contribution < 1.29 is 0 Å². The van der Waals surface area contributed by atoms with Gasteiger partial charge in [-0.05, 0) is 36.5 Å². The molecule has 0 heterocycles. The largest absolute Gasteiger partial charge is 0.385 e. The Bertz CT molecular complexity index is 289. The second-order valence-corrected chi connectivity index (χ2v) is 4.28. The maximum atomic E-state index is 3.46. The van der Waals surface area contributed by atoms with Gasteiger partial charge in [0.15, 0.2) is 0 Å². The van der Waals surface area contributed by atoms with Crippen LogP contribution in [0.4, 0.5) is 5.69 Å². The lowest BCUT2D eigenvalue weighted by atomic mass is 10.1. The van der Waals surface area contributed by atoms with Crippen LogP contribution in [0, 0.1) is 12.8 Å². The van der Waals surface area contributed by atoms with Crippen molar-refractivity contribution in [3.8, 4) is 0 Å². The maximum absolute atomic E-state index is 3.46. The minimum atomic E-state index is 0.695.